The number of nitrogens with one attached hydrogen (secondary N) is 1. The van der Waals surface area contributed by atoms with Crippen molar-refractivity contribution < 1.29 is 26.7 Å². The summed E-state index contributed by atoms with van der Waals surface area (Å²) in [5.74, 6) is 1.34. The summed E-state index contributed by atoms with van der Waals surface area (Å²) >= 11 is 0. The van der Waals surface area contributed by atoms with E-state index in [9.17, 15) is 4.79 Å². The molecule has 0 spiro atoms. The van der Waals surface area contributed by atoms with Crippen LogP contribution in [0, 0.1) is 0 Å². The summed E-state index contributed by atoms with van der Waals surface area (Å²) in [6.45, 7) is 3.04. The molecule has 5 nitrogen and oxygen atoms in total. The van der Waals surface area contributed by atoms with E-state index < -0.39 is 0 Å². The van der Waals surface area contributed by atoms with Crippen LogP contribution >= 0.6 is 0 Å². The summed E-state index contributed by atoms with van der Waals surface area (Å²) in [6.07, 6.45) is 5.62. The van der Waals surface area contributed by atoms with Crippen LogP contribution in [0.15, 0.2) is 18.2 Å². The predicted molar refractivity (Wildman–Crippen MR) is 87.7 cm³/mol. The lowest BCUT2D eigenvalue weighted by Gasteiger charge is -2.19. The van der Waals surface area contributed by atoms with E-state index in [1.165, 1.54) is 25.7 Å². The van der Waals surface area contributed by atoms with Gasteiger partial charge in [-0.25, -0.2) is 0 Å². The largest absolute Gasteiger partial charge is 1.00 e. The summed E-state index contributed by atoms with van der Waals surface area (Å²) in [4.78, 5) is 14.5. The third kappa shape index (κ3) is 6.28. The van der Waals surface area contributed by atoms with E-state index in [0.717, 1.165) is 19.6 Å². The van der Waals surface area contributed by atoms with Gasteiger partial charge in [-0.05, 0) is 38.1 Å². The molecule has 0 aliphatic carbocycles. The van der Waals surface area contributed by atoms with Gasteiger partial charge in [-0.3, -0.25) is 4.79 Å². The predicted octanol–water partition coefficient (Wildman–Crippen LogP) is -0.0876. The molecule has 0 saturated carbocycles. The molecule has 1 amide bonds. The Bertz CT molecular complexity index is 489. The number of carbonyl (C=O) groups is 1. The van der Waals surface area contributed by atoms with Gasteiger partial charge < -0.3 is 32.1 Å². The normalized spacial score (nSPS) is 15.2. The molecular formula is C17H26ClN2O3-. The van der Waals surface area contributed by atoms with Gasteiger partial charge in [-0.15, -0.1) is 0 Å². The summed E-state index contributed by atoms with van der Waals surface area (Å²) in [7, 11) is 3.19. The van der Waals surface area contributed by atoms with Gasteiger partial charge in [0.15, 0.2) is 0 Å². The van der Waals surface area contributed by atoms with Gasteiger partial charge in [0.05, 0.1) is 19.9 Å². The van der Waals surface area contributed by atoms with Crippen molar-refractivity contribution >= 4 is 11.6 Å². The molecule has 1 fully saturated rings. The summed E-state index contributed by atoms with van der Waals surface area (Å²) in [5.41, 5.74) is 0.684. The molecule has 1 aromatic carbocycles. The summed E-state index contributed by atoms with van der Waals surface area (Å²) < 4.78 is 10.5. The molecule has 1 saturated heterocycles. The Kier molecular flexibility index (Phi) is 8.81. The molecule has 1 aliphatic heterocycles. The Morgan fingerprint density at radius 2 is 1.83 bits per heavy atom. The molecule has 0 unspecified atom stereocenters. The average molecular weight is 342 g/mol. The highest BCUT2D eigenvalue weighted by Gasteiger charge is 2.12. The third-order valence-electron chi connectivity index (χ3n) is 4.04. The van der Waals surface area contributed by atoms with Crippen molar-refractivity contribution in [3.63, 3.8) is 0 Å². The third-order valence-corrected chi connectivity index (χ3v) is 4.04. The Morgan fingerprint density at radius 1 is 1.13 bits per heavy atom. The van der Waals surface area contributed by atoms with Crippen molar-refractivity contribution in [3.05, 3.63) is 18.2 Å². The smallest absolute Gasteiger partial charge is 0.225 e. The van der Waals surface area contributed by atoms with Gasteiger partial charge >= 0.3 is 0 Å². The van der Waals surface area contributed by atoms with Crippen molar-refractivity contribution in [1.82, 2.24) is 4.90 Å². The molecular weight excluding hydrogens is 316 g/mol. The number of benzene rings is 1. The lowest BCUT2D eigenvalue weighted by molar-refractivity contribution is -0.116. The summed E-state index contributed by atoms with van der Waals surface area (Å²) in [5, 5.41) is 2.92. The van der Waals surface area contributed by atoms with E-state index in [4.69, 9.17) is 9.47 Å². The van der Waals surface area contributed by atoms with Crippen molar-refractivity contribution in [2.75, 3.05) is 39.2 Å². The molecule has 1 aliphatic rings. The number of methoxy groups -OCH3 is 2. The van der Waals surface area contributed by atoms with E-state index in [1.807, 2.05) is 12.1 Å². The number of amides is 1. The van der Waals surface area contributed by atoms with E-state index in [0.29, 0.717) is 23.6 Å². The highest BCUT2D eigenvalue weighted by Crippen LogP contribution is 2.29. The maximum absolute atomic E-state index is 12.1. The molecule has 0 radical (unpaired) electrons. The second kappa shape index (κ2) is 10.3. The number of halogens is 1. The molecule has 1 aromatic rings. The van der Waals surface area contributed by atoms with Crippen molar-refractivity contribution in [3.8, 4) is 11.5 Å². The average Bonchev–Trinajstić information content (AvgIpc) is 2.82. The minimum absolute atomic E-state index is 0. The zero-order chi connectivity index (χ0) is 15.8. The number of ether oxygens (including phenoxy) is 2. The number of likely N-dealkylation sites (tertiary alicyclic amines) is 1. The van der Waals surface area contributed by atoms with E-state index >= 15 is 0 Å². The van der Waals surface area contributed by atoms with E-state index in [2.05, 4.69) is 10.2 Å². The van der Waals surface area contributed by atoms with Crippen LogP contribution in [0.3, 0.4) is 0 Å². The molecule has 0 aromatic heterocycles. The highest BCUT2D eigenvalue weighted by atomic mass is 35.5. The fourth-order valence-corrected chi connectivity index (χ4v) is 2.73. The minimum Gasteiger partial charge on any atom is -1.00 e. The first kappa shape index (κ1) is 19.6. The van der Waals surface area contributed by atoms with Gasteiger partial charge in [0, 0.05) is 19.0 Å². The molecule has 1 heterocycles. The zero-order valence-electron chi connectivity index (χ0n) is 13.9. The van der Waals surface area contributed by atoms with Crippen LogP contribution in [-0.4, -0.2) is 44.7 Å². The Labute approximate surface area is 144 Å². The van der Waals surface area contributed by atoms with Gasteiger partial charge in [0.2, 0.25) is 5.91 Å². The van der Waals surface area contributed by atoms with E-state index in [1.54, 1.807) is 20.3 Å². The van der Waals surface area contributed by atoms with Crippen molar-refractivity contribution in [2.45, 2.75) is 32.1 Å². The van der Waals surface area contributed by atoms with Crippen molar-refractivity contribution in [2.24, 2.45) is 0 Å². The number of carbonyl (C=O) groups excluding carboxylic acids is 1. The molecule has 23 heavy (non-hydrogen) atoms. The minimum atomic E-state index is 0. The number of nitrogens with zero attached hydrogens (tertiary/aromatic N) is 1. The molecule has 0 bridgehead atoms. The first-order valence-corrected chi connectivity index (χ1v) is 7.97. The number of rotatable bonds is 6. The maximum atomic E-state index is 12.1. The Morgan fingerprint density at radius 3 is 2.43 bits per heavy atom. The van der Waals surface area contributed by atoms with Crippen LogP contribution in [0.4, 0.5) is 5.69 Å². The number of hydrogen-bond donors (Lipinski definition) is 1. The van der Waals surface area contributed by atoms with Crippen molar-refractivity contribution in [1.29, 1.82) is 0 Å². The fourth-order valence-electron chi connectivity index (χ4n) is 2.73. The molecule has 6 heteroatoms. The van der Waals surface area contributed by atoms with Gasteiger partial charge in [0.1, 0.15) is 11.5 Å². The van der Waals surface area contributed by atoms with Crippen LogP contribution < -0.4 is 27.2 Å². The molecule has 1 N–H and O–H groups in total. The first-order valence-electron chi connectivity index (χ1n) is 7.97. The van der Waals surface area contributed by atoms with Crippen LogP contribution in [0.2, 0.25) is 0 Å². The monoisotopic (exact) mass is 341 g/mol. The second-order valence-electron chi connectivity index (χ2n) is 5.62. The second-order valence-corrected chi connectivity index (χ2v) is 5.62. The lowest BCUT2D eigenvalue weighted by Crippen LogP contribution is -3.00. The number of anilines is 1. The van der Waals surface area contributed by atoms with Crippen LogP contribution in [0.1, 0.15) is 32.1 Å². The lowest BCUT2D eigenvalue weighted by atomic mass is 10.2. The SMILES string of the molecule is COc1ccc(NC(=O)CCN2CCCCCC2)c(OC)c1.[Cl-]. The van der Waals surface area contributed by atoms with Crippen LogP contribution in [0.5, 0.6) is 11.5 Å². The van der Waals surface area contributed by atoms with Crippen LogP contribution in [0.25, 0.3) is 0 Å². The summed E-state index contributed by atoms with van der Waals surface area (Å²) in [6, 6.07) is 5.39. The topological polar surface area (TPSA) is 50.8 Å². The standard InChI is InChI=1S/C17H26N2O3.ClH/c1-21-14-7-8-15(16(13-14)22-2)18-17(20)9-12-19-10-5-3-4-6-11-19;/h7-8,13H,3-6,9-12H2,1-2H3,(H,18,20);1H/p-1. The maximum Gasteiger partial charge on any atom is 0.225 e. The molecule has 0 atom stereocenters. The number of hydrogen-bond acceptors (Lipinski definition) is 4. The Balaban J connectivity index is 0.00000264. The van der Waals surface area contributed by atoms with Gasteiger partial charge in [0.25, 0.3) is 0 Å². The fraction of sp³-hybridized carbons (Fsp3) is 0.588. The highest BCUT2D eigenvalue weighted by molar-refractivity contribution is 5.92. The first-order chi connectivity index (χ1) is 10.7. The van der Waals surface area contributed by atoms with E-state index in [-0.39, 0.29) is 18.3 Å². The zero-order valence-corrected chi connectivity index (χ0v) is 14.7. The van der Waals surface area contributed by atoms with Crippen LogP contribution in [-0.2, 0) is 4.79 Å². The quantitative estimate of drug-likeness (QED) is 0.786. The molecule has 2 rings (SSSR count). The van der Waals surface area contributed by atoms with Gasteiger partial charge in [-0.1, -0.05) is 12.8 Å². The Hall–Kier alpha value is -1.46. The molecule has 130 valence electrons. The van der Waals surface area contributed by atoms with Gasteiger partial charge in [-0.2, -0.15) is 0 Å².